The molecule has 0 spiro atoms. The molecular formula is C13H18N2O4. The fraction of sp³-hybridized carbons (Fsp3) is 0.462. The number of nitrogens with zero attached hydrogens (tertiary/aromatic N) is 1. The Morgan fingerprint density at radius 2 is 2.21 bits per heavy atom. The quantitative estimate of drug-likeness (QED) is 0.355. The van der Waals surface area contributed by atoms with Crippen LogP contribution in [-0.2, 0) is 9.53 Å². The average molecular weight is 266 g/mol. The van der Waals surface area contributed by atoms with Crippen LogP contribution < -0.4 is 5.32 Å². The number of benzene rings is 1. The second kappa shape index (κ2) is 7.35. The van der Waals surface area contributed by atoms with Crippen LogP contribution in [0.5, 0.6) is 0 Å². The molecule has 0 aromatic heterocycles. The topological polar surface area (TPSA) is 81.5 Å². The van der Waals surface area contributed by atoms with Crippen molar-refractivity contribution in [1.29, 1.82) is 0 Å². The Bertz CT molecular complexity index is 460. The first kappa shape index (κ1) is 14.9. The molecule has 0 atom stereocenters. The Hall–Kier alpha value is -2.11. The second-order valence-corrected chi connectivity index (χ2v) is 4.09. The maximum atomic E-state index is 11.1. The number of nitrogens with one attached hydrogen (secondary N) is 1. The monoisotopic (exact) mass is 266 g/mol. The third-order valence-corrected chi connectivity index (χ3v) is 2.60. The van der Waals surface area contributed by atoms with Crippen molar-refractivity contribution in [2.45, 2.75) is 26.7 Å². The van der Waals surface area contributed by atoms with Crippen molar-refractivity contribution in [1.82, 2.24) is 0 Å². The van der Waals surface area contributed by atoms with Crippen LogP contribution in [-0.4, -0.2) is 24.0 Å². The van der Waals surface area contributed by atoms with Crippen molar-refractivity contribution >= 4 is 17.3 Å². The van der Waals surface area contributed by atoms with Crippen molar-refractivity contribution in [3.63, 3.8) is 0 Å². The lowest BCUT2D eigenvalue weighted by Gasteiger charge is -2.09. The predicted molar refractivity (Wildman–Crippen MR) is 72.2 cm³/mol. The maximum Gasteiger partial charge on any atom is 0.305 e. The molecule has 1 aromatic rings. The van der Waals surface area contributed by atoms with Gasteiger partial charge in [-0.25, -0.2) is 0 Å². The Morgan fingerprint density at radius 1 is 1.47 bits per heavy atom. The Morgan fingerprint density at radius 3 is 2.79 bits per heavy atom. The van der Waals surface area contributed by atoms with Gasteiger partial charge in [-0.15, -0.1) is 0 Å². The molecule has 0 saturated carbocycles. The van der Waals surface area contributed by atoms with E-state index in [1.54, 1.807) is 19.9 Å². The molecule has 0 unspecified atom stereocenters. The first-order chi connectivity index (χ1) is 9.04. The summed E-state index contributed by atoms with van der Waals surface area (Å²) in [4.78, 5) is 21.3. The molecule has 6 nitrogen and oxygen atoms in total. The summed E-state index contributed by atoms with van der Waals surface area (Å²) in [7, 11) is 0. The van der Waals surface area contributed by atoms with Crippen LogP contribution in [0, 0.1) is 17.0 Å². The van der Waals surface area contributed by atoms with E-state index in [0.717, 1.165) is 11.3 Å². The van der Waals surface area contributed by atoms with Crippen molar-refractivity contribution in [3.8, 4) is 0 Å². The number of hydrogen-bond donors (Lipinski definition) is 1. The van der Waals surface area contributed by atoms with Crippen molar-refractivity contribution in [2.75, 3.05) is 18.5 Å². The molecule has 0 heterocycles. The van der Waals surface area contributed by atoms with E-state index in [4.69, 9.17) is 4.74 Å². The van der Waals surface area contributed by atoms with E-state index in [-0.39, 0.29) is 11.7 Å². The van der Waals surface area contributed by atoms with Gasteiger partial charge in [0.2, 0.25) is 0 Å². The number of carbonyl (C=O) groups excluding carboxylic acids is 1. The summed E-state index contributed by atoms with van der Waals surface area (Å²) < 4.78 is 4.82. The van der Waals surface area contributed by atoms with Gasteiger partial charge in [0.25, 0.3) is 5.69 Å². The highest BCUT2D eigenvalue weighted by Crippen LogP contribution is 2.21. The van der Waals surface area contributed by atoms with Crippen LogP contribution >= 0.6 is 0 Å². The van der Waals surface area contributed by atoms with Gasteiger partial charge in [0.05, 0.1) is 11.5 Å². The molecule has 0 aliphatic heterocycles. The molecule has 0 radical (unpaired) electrons. The maximum absolute atomic E-state index is 11.1. The van der Waals surface area contributed by atoms with Crippen molar-refractivity contribution in [2.24, 2.45) is 0 Å². The summed E-state index contributed by atoms with van der Waals surface area (Å²) in [6, 6.07) is 4.66. The van der Waals surface area contributed by atoms with Gasteiger partial charge in [-0.3, -0.25) is 14.9 Å². The smallest absolute Gasteiger partial charge is 0.305 e. The van der Waals surface area contributed by atoms with Gasteiger partial charge in [-0.05, 0) is 31.9 Å². The van der Waals surface area contributed by atoms with Crippen molar-refractivity contribution in [3.05, 3.63) is 33.9 Å². The molecule has 19 heavy (non-hydrogen) atoms. The first-order valence-electron chi connectivity index (χ1n) is 6.19. The lowest BCUT2D eigenvalue weighted by atomic mass is 10.1. The van der Waals surface area contributed by atoms with Crippen LogP contribution in [0.2, 0.25) is 0 Å². The normalized spacial score (nSPS) is 10.0. The zero-order valence-corrected chi connectivity index (χ0v) is 11.1. The molecule has 0 saturated heterocycles. The minimum Gasteiger partial charge on any atom is -0.466 e. The number of anilines is 1. The molecule has 1 aromatic carbocycles. The van der Waals surface area contributed by atoms with Gasteiger partial charge in [-0.2, -0.15) is 0 Å². The molecule has 0 fully saturated rings. The van der Waals surface area contributed by atoms with E-state index < -0.39 is 4.92 Å². The number of nitro groups is 1. The largest absolute Gasteiger partial charge is 0.466 e. The molecular weight excluding hydrogens is 248 g/mol. The highest BCUT2D eigenvalue weighted by Gasteiger charge is 2.07. The Kier molecular flexibility index (Phi) is 5.78. The van der Waals surface area contributed by atoms with Crippen LogP contribution in [0.15, 0.2) is 18.2 Å². The molecule has 1 rings (SSSR count). The van der Waals surface area contributed by atoms with Crippen LogP contribution in [0.4, 0.5) is 11.4 Å². The molecule has 0 aliphatic carbocycles. The van der Waals surface area contributed by atoms with E-state index in [9.17, 15) is 14.9 Å². The van der Waals surface area contributed by atoms with Gasteiger partial charge in [0.15, 0.2) is 0 Å². The van der Waals surface area contributed by atoms with Gasteiger partial charge in [-0.1, -0.05) is 0 Å². The van der Waals surface area contributed by atoms with E-state index in [2.05, 4.69) is 5.32 Å². The fourth-order valence-electron chi connectivity index (χ4n) is 1.65. The lowest BCUT2D eigenvalue weighted by Crippen LogP contribution is -2.08. The summed E-state index contributed by atoms with van der Waals surface area (Å²) in [6.07, 6.45) is 1.03. The summed E-state index contributed by atoms with van der Waals surface area (Å²) in [6.45, 7) is 4.60. The molecule has 0 bridgehead atoms. The molecule has 0 aliphatic rings. The zero-order valence-electron chi connectivity index (χ0n) is 11.1. The number of ether oxygens (including phenoxy) is 1. The van der Waals surface area contributed by atoms with Gasteiger partial charge in [0.1, 0.15) is 0 Å². The highest BCUT2D eigenvalue weighted by atomic mass is 16.6. The minimum absolute atomic E-state index is 0.0783. The number of rotatable bonds is 7. The van der Waals surface area contributed by atoms with E-state index in [1.165, 1.54) is 12.1 Å². The zero-order chi connectivity index (χ0) is 14.3. The van der Waals surface area contributed by atoms with E-state index >= 15 is 0 Å². The number of hydrogen-bond acceptors (Lipinski definition) is 5. The highest BCUT2D eigenvalue weighted by molar-refractivity contribution is 5.69. The fourth-order valence-corrected chi connectivity index (χ4v) is 1.65. The summed E-state index contributed by atoms with van der Waals surface area (Å²) in [5.74, 6) is -0.204. The third-order valence-electron chi connectivity index (χ3n) is 2.60. The molecule has 0 amide bonds. The van der Waals surface area contributed by atoms with Crippen LogP contribution in [0.3, 0.4) is 0 Å². The third kappa shape index (κ3) is 4.95. The number of nitro benzene ring substituents is 1. The first-order valence-corrected chi connectivity index (χ1v) is 6.19. The Balaban J connectivity index is 2.41. The second-order valence-electron chi connectivity index (χ2n) is 4.09. The molecule has 104 valence electrons. The van der Waals surface area contributed by atoms with Crippen LogP contribution in [0.1, 0.15) is 25.3 Å². The van der Waals surface area contributed by atoms with E-state index in [1.807, 2.05) is 0 Å². The number of carbonyl (C=O) groups is 1. The van der Waals surface area contributed by atoms with Gasteiger partial charge in [0, 0.05) is 30.8 Å². The Labute approximate surface area is 111 Å². The number of non-ortho nitro benzene ring substituents is 1. The number of aryl methyl sites for hydroxylation is 1. The SMILES string of the molecule is CCOC(=O)CCCNc1ccc([N+](=O)[O-])cc1C. The predicted octanol–water partition coefficient (Wildman–Crippen LogP) is 2.66. The lowest BCUT2D eigenvalue weighted by molar-refractivity contribution is -0.384. The van der Waals surface area contributed by atoms with Crippen molar-refractivity contribution < 1.29 is 14.5 Å². The number of esters is 1. The standard InChI is InChI=1S/C13H18N2O4/c1-3-19-13(16)5-4-8-14-12-7-6-11(15(17)18)9-10(12)2/h6-7,9,14H,3-5,8H2,1-2H3. The summed E-state index contributed by atoms with van der Waals surface area (Å²) >= 11 is 0. The van der Waals surface area contributed by atoms with Gasteiger partial charge < -0.3 is 10.1 Å². The van der Waals surface area contributed by atoms with E-state index in [0.29, 0.717) is 26.0 Å². The minimum atomic E-state index is -0.419. The average Bonchev–Trinajstić information content (AvgIpc) is 2.36. The van der Waals surface area contributed by atoms with Crippen LogP contribution in [0.25, 0.3) is 0 Å². The molecule has 6 heteroatoms. The van der Waals surface area contributed by atoms with Gasteiger partial charge >= 0.3 is 5.97 Å². The summed E-state index contributed by atoms with van der Waals surface area (Å²) in [5.41, 5.74) is 1.73. The summed E-state index contributed by atoms with van der Waals surface area (Å²) in [5, 5.41) is 13.7. The molecule has 1 N–H and O–H groups in total.